The molecular formula is C14H19FN2O2S. The van der Waals surface area contributed by atoms with Crippen LogP contribution in [-0.2, 0) is 10.0 Å². The Kier molecular flexibility index (Phi) is 3.35. The molecule has 0 saturated carbocycles. The summed E-state index contributed by atoms with van der Waals surface area (Å²) in [5.41, 5.74) is 0.958. The molecule has 2 heterocycles. The fourth-order valence-corrected chi connectivity index (χ4v) is 5.37. The Balaban J connectivity index is 1.97. The van der Waals surface area contributed by atoms with Crippen LogP contribution in [0.4, 0.5) is 4.39 Å². The van der Waals surface area contributed by atoms with Gasteiger partial charge in [0.2, 0.25) is 10.0 Å². The zero-order chi connectivity index (χ0) is 14.5. The van der Waals surface area contributed by atoms with Gasteiger partial charge in [-0.05, 0) is 56.0 Å². The Bertz CT molecular complexity index is 610. The first-order valence-electron chi connectivity index (χ1n) is 6.90. The summed E-state index contributed by atoms with van der Waals surface area (Å²) in [7, 11) is -3.53. The Labute approximate surface area is 119 Å². The van der Waals surface area contributed by atoms with E-state index in [1.807, 2.05) is 0 Å². The summed E-state index contributed by atoms with van der Waals surface area (Å²) in [5.74, 6) is 0.0183. The van der Waals surface area contributed by atoms with Gasteiger partial charge in [0.1, 0.15) is 5.82 Å². The molecule has 0 radical (unpaired) electrons. The maximum Gasteiger partial charge on any atom is 0.243 e. The molecule has 0 bridgehead atoms. The first-order valence-corrected chi connectivity index (χ1v) is 8.34. The van der Waals surface area contributed by atoms with Crippen molar-refractivity contribution in [3.05, 3.63) is 29.1 Å². The fourth-order valence-electron chi connectivity index (χ4n) is 3.44. The van der Waals surface area contributed by atoms with Gasteiger partial charge in [0, 0.05) is 19.1 Å². The summed E-state index contributed by atoms with van der Waals surface area (Å²) >= 11 is 0. The topological polar surface area (TPSA) is 49.4 Å². The number of benzene rings is 1. The van der Waals surface area contributed by atoms with Crippen LogP contribution in [0, 0.1) is 25.6 Å². The Morgan fingerprint density at radius 1 is 1.25 bits per heavy atom. The average molecular weight is 298 g/mol. The number of hydrogen-bond donors (Lipinski definition) is 1. The highest BCUT2D eigenvalue weighted by Gasteiger charge is 2.42. The highest BCUT2D eigenvalue weighted by atomic mass is 32.2. The van der Waals surface area contributed by atoms with Crippen LogP contribution < -0.4 is 5.32 Å². The van der Waals surface area contributed by atoms with Gasteiger partial charge in [-0.2, -0.15) is 4.31 Å². The van der Waals surface area contributed by atoms with Crippen molar-refractivity contribution in [3.8, 4) is 0 Å². The number of aryl methyl sites for hydroxylation is 2. The van der Waals surface area contributed by atoms with Crippen molar-refractivity contribution in [2.75, 3.05) is 19.6 Å². The largest absolute Gasteiger partial charge is 0.312 e. The van der Waals surface area contributed by atoms with Gasteiger partial charge >= 0.3 is 0 Å². The molecule has 0 aromatic heterocycles. The third kappa shape index (κ3) is 2.16. The molecule has 2 aliphatic rings. The van der Waals surface area contributed by atoms with E-state index in [-0.39, 0.29) is 16.8 Å². The third-order valence-electron chi connectivity index (χ3n) is 4.35. The monoisotopic (exact) mass is 298 g/mol. The Hall–Kier alpha value is -0.980. The molecule has 6 heteroatoms. The molecule has 1 aromatic carbocycles. The number of hydrogen-bond acceptors (Lipinski definition) is 3. The highest BCUT2D eigenvalue weighted by Crippen LogP contribution is 2.32. The number of sulfonamides is 1. The van der Waals surface area contributed by atoms with Crippen LogP contribution in [0.5, 0.6) is 0 Å². The lowest BCUT2D eigenvalue weighted by Gasteiger charge is -2.20. The van der Waals surface area contributed by atoms with Crippen molar-refractivity contribution in [3.63, 3.8) is 0 Å². The maximum absolute atomic E-state index is 13.3. The van der Waals surface area contributed by atoms with Gasteiger partial charge in [-0.15, -0.1) is 0 Å². The van der Waals surface area contributed by atoms with E-state index in [1.165, 1.54) is 12.1 Å². The zero-order valence-corrected chi connectivity index (χ0v) is 12.5. The molecular weight excluding hydrogens is 279 g/mol. The zero-order valence-electron chi connectivity index (χ0n) is 11.7. The molecule has 1 aromatic rings. The van der Waals surface area contributed by atoms with E-state index in [0.29, 0.717) is 30.1 Å². The minimum absolute atomic E-state index is 0.263. The molecule has 110 valence electrons. The van der Waals surface area contributed by atoms with Crippen molar-refractivity contribution in [2.24, 2.45) is 5.92 Å². The lowest BCUT2D eigenvalue weighted by molar-refractivity contribution is 0.447. The minimum Gasteiger partial charge on any atom is -0.312 e. The van der Waals surface area contributed by atoms with E-state index in [9.17, 15) is 12.8 Å². The second-order valence-corrected chi connectivity index (χ2v) is 7.67. The van der Waals surface area contributed by atoms with Crippen molar-refractivity contribution in [1.82, 2.24) is 9.62 Å². The van der Waals surface area contributed by atoms with E-state index in [4.69, 9.17) is 0 Å². The molecule has 3 rings (SSSR count). The standard InChI is InChI=1S/C14H19FN2O2S/c1-9-5-12(15)6-10(2)14(9)20(18,19)17-7-11-3-4-16-13(11)8-17/h5-6,11,13,16H,3-4,7-8H2,1-2H3/t11-,13+/m0/s1. The van der Waals surface area contributed by atoms with Gasteiger partial charge in [0.15, 0.2) is 0 Å². The first kappa shape index (κ1) is 14.0. The molecule has 20 heavy (non-hydrogen) atoms. The number of halogens is 1. The summed E-state index contributed by atoms with van der Waals surface area (Å²) in [6, 6.07) is 2.84. The maximum atomic E-state index is 13.3. The smallest absolute Gasteiger partial charge is 0.243 e. The van der Waals surface area contributed by atoms with Crippen LogP contribution in [0.25, 0.3) is 0 Å². The summed E-state index contributed by atoms with van der Waals surface area (Å²) in [6.45, 7) is 5.35. The summed E-state index contributed by atoms with van der Waals surface area (Å²) in [4.78, 5) is 0.263. The molecule has 2 aliphatic heterocycles. The molecule has 2 fully saturated rings. The molecule has 0 amide bonds. The van der Waals surface area contributed by atoms with Crippen LogP contribution in [0.1, 0.15) is 17.5 Å². The summed E-state index contributed by atoms with van der Waals surface area (Å²) in [5, 5.41) is 3.34. The lowest BCUT2D eigenvalue weighted by atomic mass is 10.1. The molecule has 0 aliphatic carbocycles. The van der Waals surface area contributed by atoms with Gasteiger partial charge in [-0.3, -0.25) is 0 Å². The number of nitrogens with zero attached hydrogens (tertiary/aromatic N) is 1. The first-order chi connectivity index (χ1) is 9.39. The van der Waals surface area contributed by atoms with E-state index >= 15 is 0 Å². The van der Waals surface area contributed by atoms with Crippen LogP contribution >= 0.6 is 0 Å². The summed E-state index contributed by atoms with van der Waals surface area (Å²) in [6.07, 6.45) is 1.03. The predicted octanol–water partition coefficient (Wildman–Crippen LogP) is 1.42. The fraction of sp³-hybridized carbons (Fsp3) is 0.571. The highest BCUT2D eigenvalue weighted by molar-refractivity contribution is 7.89. The Morgan fingerprint density at radius 3 is 2.50 bits per heavy atom. The van der Waals surface area contributed by atoms with Gasteiger partial charge in [-0.25, -0.2) is 12.8 Å². The third-order valence-corrected chi connectivity index (χ3v) is 6.49. The van der Waals surface area contributed by atoms with Gasteiger partial charge < -0.3 is 5.32 Å². The second kappa shape index (κ2) is 4.79. The predicted molar refractivity (Wildman–Crippen MR) is 74.5 cm³/mol. The van der Waals surface area contributed by atoms with Crippen LogP contribution in [0.2, 0.25) is 0 Å². The van der Waals surface area contributed by atoms with Crippen molar-refractivity contribution < 1.29 is 12.8 Å². The van der Waals surface area contributed by atoms with Gasteiger partial charge in [-0.1, -0.05) is 0 Å². The van der Waals surface area contributed by atoms with E-state index < -0.39 is 10.0 Å². The number of rotatable bonds is 2. The van der Waals surface area contributed by atoms with E-state index in [1.54, 1.807) is 18.2 Å². The second-order valence-electron chi connectivity index (χ2n) is 5.80. The number of nitrogens with one attached hydrogen (secondary N) is 1. The van der Waals surface area contributed by atoms with Gasteiger partial charge in [0.05, 0.1) is 4.90 Å². The van der Waals surface area contributed by atoms with Crippen molar-refractivity contribution in [2.45, 2.75) is 31.2 Å². The van der Waals surface area contributed by atoms with Gasteiger partial charge in [0.25, 0.3) is 0 Å². The quantitative estimate of drug-likeness (QED) is 0.898. The molecule has 1 N–H and O–H groups in total. The lowest BCUT2D eigenvalue weighted by Crippen LogP contribution is -2.34. The molecule has 2 atom stereocenters. The van der Waals surface area contributed by atoms with Crippen molar-refractivity contribution in [1.29, 1.82) is 0 Å². The van der Waals surface area contributed by atoms with Crippen LogP contribution in [0.15, 0.2) is 17.0 Å². The van der Waals surface area contributed by atoms with Crippen LogP contribution in [0.3, 0.4) is 0 Å². The normalized spacial score (nSPS) is 26.9. The molecule has 0 spiro atoms. The molecule has 0 unspecified atom stereocenters. The minimum atomic E-state index is -3.53. The summed E-state index contributed by atoms with van der Waals surface area (Å²) < 4.78 is 40.5. The van der Waals surface area contributed by atoms with Crippen LogP contribution in [-0.4, -0.2) is 38.4 Å². The Morgan fingerprint density at radius 2 is 1.90 bits per heavy atom. The molecule has 4 nitrogen and oxygen atoms in total. The van der Waals surface area contributed by atoms with Crippen molar-refractivity contribution >= 4 is 10.0 Å². The molecule has 2 saturated heterocycles. The SMILES string of the molecule is Cc1cc(F)cc(C)c1S(=O)(=O)N1C[C@@H]2CCN[C@@H]2C1. The average Bonchev–Trinajstić information content (AvgIpc) is 2.85. The van der Waals surface area contributed by atoms with E-state index in [2.05, 4.69) is 5.32 Å². The van der Waals surface area contributed by atoms with E-state index in [0.717, 1.165) is 13.0 Å². The number of fused-ring (bicyclic) bond motifs is 1.